The first-order chi connectivity index (χ1) is 20.1. The minimum Gasteiger partial charge on any atom is -0.511 e. The van der Waals surface area contributed by atoms with E-state index in [0.29, 0.717) is 29.7 Å². The summed E-state index contributed by atoms with van der Waals surface area (Å²) in [5.74, 6) is -7.11. The zero-order valence-corrected chi connectivity index (χ0v) is 22.5. The van der Waals surface area contributed by atoms with E-state index in [1.807, 2.05) is 0 Å². The number of aliphatic hydroxyl groups excluding tert-OH is 2. The van der Waals surface area contributed by atoms with Gasteiger partial charge in [-0.3, -0.25) is 19.2 Å². The van der Waals surface area contributed by atoms with Crippen LogP contribution in [0.25, 0.3) is 16.9 Å². The second kappa shape index (κ2) is 10.4. The summed E-state index contributed by atoms with van der Waals surface area (Å²) in [5.41, 5.74) is 6.62. The van der Waals surface area contributed by atoms with Gasteiger partial charge in [-0.2, -0.15) is 0 Å². The predicted octanol–water partition coefficient (Wildman–Crippen LogP) is 2.91. The first-order valence-electron chi connectivity index (χ1n) is 13.8. The molecule has 2 aromatic rings. The van der Waals surface area contributed by atoms with E-state index in [1.165, 1.54) is 12.1 Å². The Morgan fingerprint density at radius 3 is 2.50 bits per heavy atom. The van der Waals surface area contributed by atoms with Gasteiger partial charge in [-0.15, -0.1) is 0 Å². The average molecular weight is 577 g/mol. The number of ether oxygens (including phenoxy) is 1. The van der Waals surface area contributed by atoms with Gasteiger partial charge in [-0.1, -0.05) is 12.1 Å². The zero-order valence-electron chi connectivity index (χ0n) is 22.5. The number of phenols is 1. The number of ketones is 2. The second-order valence-corrected chi connectivity index (χ2v) is 11.3. The third kappa shape index (κ3) is 4.44. The number of carbonyl (C=O) groups excluding carboxylic acids is 4. The summed E-state index contributed by atoms with van der Waals surface area (Å²) in [7, 11) is 0. The van der Waals surface area contributed by atoms with Gasteiger partial charge < -0.3 is 31.1 Å². The van der Waals surface area contributed by atoms with Crippen molar-refractivity contribution in [3.05, 3.63) is 69.7 Å². The van der Waals surface area contributed by atoms with Gasteiger partial charge in [-0.25, -0.2) is 4.39 Å². The fraction of sp³-hybridized carbons (Fsp3) is 0.355. The number of benzene rings is 2. The van der Waals surface area contributed by atoms with E-state index in [4.69, 9.17) is 10.5 Å². The maximum atomic E-state index is 13.8. The van der Waals surface area contributed by atoms with Crippen molar-refractivity contribution in [3.8, 4) is 16.9 Å². The topological polar surface area (TPSA) is 176 Å². The Labute approximate surface area is 239 Å². The highest BCUT2D eigenvalue weighted by molar-refractivity contribution is 6.21. The van der Waals surface area contributed by atoms with Crippen LogP contribution < -0.4 is 11.1 Å². The Morgan fingerprint density at radius 2 is 1.83 bits per heavy atom. The van der Waals surface area contributed by atoms with E-state index in [0.717, 1.165) is 6.42 Å². The van der Waals surface area contributed by atoms with Crippen LogP contribution in [0.5, 0.6) is 5.75 Å². The Hall–Kier alpha value is -4.51. The Kier molecular flexibility index (Phi) is 6.84. The van der Waals surface area contributed by atoms with Crippen LogP contribution in [0.1, 0.15) is 42.4 Å². The molecule has 4 unspecified atom stereocenters. The number of Topliss-reactive ketones (excluding diaryl/α,β-unsaturated/α-hetero) is 2. The fourth-order valence-electron chi connectivity index (χ4n) is 6.87. The number of amides is 2. The first kappa shape index (κ1) is 27.6. The van der Waals surface area contributed by atoms with Crippen molar-refractivity contribution in [1.82, 2.24) is 5.32 Å². The molecule has 4 aliphatic rings. The van der Waals surface area contributed by atoms with E-state index in [1.54, 1.807) is 18.2 Å². The van der Waals surface area contributed by atoms with E-state index < -0.39 is 64.2 Å². The molecule has 1 aliphatic heterocycles. The molecule has 4 atom stereocenters. The highest BCUT2D eigenvalue weighted by Crippen LogP contribution is 2.52. The maximum Gasteiger partial charge on any atom is 0.255 e. The summed E-state index contributed by atoms with van der Waals surface area (Å²) in [5, 5.41) is 36.5. The van der Waals surface area contributed by atoms with Gasteiger partial charge in [0, 0.05) is 30.7 Å². The number of rotatable bonds is 5. The van der Waals surface area contributed by atoms with E-state index in [9.17, 15) is 38.9 Å². The summed E-state index contributed by atoms with van der Waals surface area (Å²) < 4.78 is 19.2. The molecule has 11 heteroatoms. The van der Waals surface area contributed by atoms with Crippen molar-refractivity contribution in [2.75, 3.05) is 6.61 Å². The van der Waals surface area contributed by atoms with Crippen molar-refractivity contribution >= 4 is 29.1 Å². The number of allylic oxidation sites excluding steroid dienone is 2. The van der Waals surface area contributed by atoms with Gasteiger partial charge in [-0.05, 0) is 72.4 Å². The molecule has 2 amide bonds. The molecule has 2 aromatic carbocycles. The molecule has 6 rings (SSSR count). The molecule has 42 heavy (non-hydrogen) atoms. The van der Waals surface area contributed by atoms with Crippen LogP contribution in [0.4, 0.5) is 4.39 Å². The van der Waals surface area contributed by atoms with E-state index >= 15 is 0 Å². The number of aromatic hydroxyl groups is 1. The fourth-order valence-corrected chi connectivity index (χ4v) is 6.87. The predicted molar refractivity (Wildman–Crippen MR) is 146 cm³/mol. The molecule has 2 fully saturated rings. The molecule has 1 heterocycles. The molecule has 218 valence electrons. The molecular formula is C31H29FN2O8. The van der Waals surface area contributed by atoms with Crippen molar-refractivity contribution in [2.24, 2.45) is 23.5 Å². The van der Waals surface area contributed by atoms with Crippen LogP contribution in [0.15, 0.2) is 47.2 Å². The smallest absolute Gasteiger partial charge is 0.255 e. The monoisotopic (exact) mass is 576 g/mol. The third-order valence-electron chi connectivity index (χ3n) is 8.80. The van der Waals surface area contributed by atoms with Gasteiger partial charge in [0.1, 0.15) is 34.8 Å². The number of nitrogens with one attached hydrogen (secondary N) is 1. The summed E-state index contributed by atoms with van der Waals surface area (Å²) in [4.78, 5) is 50.8. The molecule has 0 radical (unpaired) electrons. The van der Waals surface area contributed by atoms with Crippen molar-refractivity contribution in [1.29, 1.82) is 0 Å². The molecule has 10 nitrogen and oxygen atoms in total. The number of nitrogens with two attached hydrogens (primary N) is 1. The Bertz CT molecular complexity index is 1600. The SMILES string of the molecule is NC(=O)C1=C(O)C2C(=O)C3=C(O)c4c(O)c(CNC(=O)C5CCCO5)cc(-c5ccc(F)cc5)c4CC3CC2CC1=O. The van der Waals surface area contributed by atoms with E-state index in [2.05, 4.69) is 5.32 Å². The zero-order chi connectivity index (χ0) is 29.9. The van der Waals surface area contributed by atoms with Crippen LogP contribution in [0.2, 0.25) is 0 Å². The van der Waals surface area contributed by atoms with Gasteiger partial charge in [0.2, 0.25) is 5.91 Å². The van der Waals surface area contributed by atoms with Crippen molar-refractivity contribution in [2.45, 2.75) is 44.8 Å². The number of primary amides is 1. The molecule has 0 aromatic heterocycles. The molecular weight excluding hydrogens is 547 g/mol. The number of fused-ring (bicyclic) bond motifs is 3. The minimum atomic E-state index is -1.23. The van der Waals surface area contributed by atoms with Crippen LogP contribution in [-0.2, 0) is 36.9 Å². The first-order valence-corrected chi connectivity index (χ1v) is 13.8. The number of halogens is 1. The maximum absolute atomic E-state index is 13.8. The lowest BCUT2D eigenvalue weighted by Gasteiger charge is -2.41. The van der Waals surface area contributed by atoms with Crippen molar-refractivity contribution in [3.63, 3.8) is 0 Å². The molecule has 0 spiro atoms. The van der Waals surface area contributed by atoms with Gasteiger partial charge in [0.25, 0.3) is 5.91 Å². The van der Waals surface area contributed by atoms with Gasteiger partial charge in [0.05, 0.1) is 11.5 Å². The summed E-state index contributed by atoms with van der Waals surface area (Å²) in [6.07, 6.45) is 1.03. The van der Waals surface area contributed by atoms with Crippen LogP contribution in [0.3, 0.4) is 0 Å². The van der Waals surface area contributed by atoms with Crippen LogP contribution in [-0.4, -0.2) is 51.4 Å². The summed E-state index contributed by atoms with van der Waals surface area (Å²) in [6.45, 7) is 0.375. The largest absolute Gasteiger partial charge is 0.511 e. The molecule has 1 saturated heterocycles. The molecule has 6 N–H and O–H groups in total. The van der Waals surface area contributed by atoms with Gasteiger partial charge >= 0.3 is 0 Å². The van der Waals surface area contributed by atoms with Crippen molar-refractivity contribution < 1.29 is 43.6 Å². The average Bonchev–Trinajstić information content (AvgIpc) is 3.48. The van der Waals surface area contributed by atoms with E-state index in [-0.39, 0.29) is 54.2 Å². The molecule has 3 aliphatic carbocycles. The lowest BCUT2D eigenvalue weighted by atomic mass is 9.61. The highest BCUT2D eigenvalue weighted by atomic mass is 19.1. The number of aliphatic hydroxyl groups is 2. The normalized spacial score (nSPS) is 25.2. The summed E-state index contributed by atoms with van der Waals surface area (Å²) in [6, 6.07) is 7.35. The third-order valence-corrected chi connectivity index (χ3v) is 8.80. The number of carbonyl (C=O) groups is 4. The lowest BCUT2D eigenvalue weighted by Crippen LogP contribution is -2.44. The van der Waals surface area contributed by atoms with Crippen LogP contribution in [0, 0.1) is 23.6 Å². The molecule has 1 saturated carbocycles. The second-order valence-electron chi connectivity index (χ2n) is 11.3. The van der Waals surface area contributed by atoms with Gasteiger partial charge in [0.15, 0.2) is 11.6 Å². The van der Waals surface area contributed by atoms with Crippen LogP contribution >= 0.6 is 0 Å². The minimum absolute atomic E-state index is 0.00159. The molecule has 0 bridgehead atoms. The lowest BCUT2D eigenvalue weighted by molar-refractivity contribution is -0.130. The number of hydrogen-bond donors (Lipinski definition) is 5. The Balaban J connectivity index is 1.46. The highest BCUT2D eigenvalue weighted by Gasteiger charge is 2.51. The number of hydrogen-bond acceptors (Lipinski definition) is 8. The number of phenolic OH excluding ortho intramolecular Hbond substituents is 1. The quantitative estimate of drug-likeness (QED) is 0.338. The summed E-state index contributed by atoms with van der Waals surface area (Å²) >= 11 is 0. The standard InChI is InChI=1S/C31H29FN2O8/c32-17-5-3-13(4-6-17)18-10-16(12-34-31(41)21-2-1-7-42-21)26(36)24-19(18)9-14-8-15-11-20(35)25(30(33)40)29(39)23(15)27(37)22(14)28(24)38/h3-6,10,14-15,21,23,36,38-39H,1-2,7-9,11-12H2,(H2,33,40)(H,34,41). The Morgan fingerprint density at radius 1 is 1.10 bits per heavy atom.